The summed E-state index contributed by atoms with van der Waals surface area (Å²) in [6.07, 6.45) is 0. The van der Waals surface area contributed by atoms with Crippen molar-refractivity contribution < 1.29 is 17.9 Å². The fourth-order valence-corrected chi connectivity index (χ4v) is 4.77. The summed E-state index contributed by atoms with van der Waals surface area (Å²) in [6.45, 7) is 4.18. The third-order valence-corrected chi connectivity index (χ3v) is 6.77. The standard InChI is InChI=1S/C19H19N3O4S2/c1-3-26-16-7-5-4-6-15(16)17(23)20-18-21-22-19(27-18)28(24,25)12-14-10-8-13(2)9-11-14/h4-11H,3,12H2,1-2H3,(H,20,21,23). The zero-order chi connectivity index (χ0) is 20.1. The van der Waals surface area contributed by atoms with Gasteiger partial charge in [-0.3, -0.25) is 10.1 Å². The summed E-state index contributed by atoms with van der Waals surface area (Å²) in [5.41, 5.74) is 2.05. The Kier molecular flexibility index (Phi) is 6.05. The molecule has 0 aliphatic carbocycles. The Balaban J connectivity index is 1.75. The van der Waals surface area contributed by atoms with Crippen molar-refractivity contribution in [1.82, 2.24) is 10.2 Å². The Labute approximate surface area is 167 Å². The summed E-state index contributed by atoms with van der Waals surface area (Å²) in [7, 11) is -3.65. The van der Waals surface area contributed by atoms with Crippen LogP contribution in [0.2, 0.25) is 0 Å². The van der Waals surface area contributed by atoms with Gasteiger partial charge in [0.05, 0.1) is 17.9 Å². The first-order valence-corrected chi connectivity index (χ1v) is 11.0. The van der Waals surface area contributed by atoms with Gasteiger partial charge in [-0.25, -0.2) is 8.42 Å². The highest BCUT2D eigenvalue weighted by molar-refractivity contribution is 7.92. The number of hydrogen-bond acceptors (Lipinski definition) is 7. The molecule has 0 spiro atoms. The first kappa shape index (κ1) is 20.0. The number of benzene rings is 2. The van der Waals surface area contributed by atoms with Crippen LogP contribution in [0.1, 0.15) is 28.4 Å². The second kappa shape index (κ2) is 8.49. The van der Waals surface area contributed by atoms with Crippen molar-refractivity contribution in [3.8, 4) is 5.75 Å². The number of carbonyl (C=O) groups excluding carboxylic acids is 1. The van der Waals surface area contributed by atoms with Crippen molar-refractivity contribution in [3.05, 3.63) is 65.2 Å². The topological polar surface area (TPSA) is 98.2 Å². The minimum atomic E-state index is -3.65. The first-order valence-electron chi connectivity index (χ1n) is 8.54. The van der Waals surface area contributed by atoms with Gasteiger partial charge in [-0.1, -0.05) is 53.3 Å². The first-order chi connectivity index (χ1) is 13.4. The largest absolute Gasteiger partial charge is 0.493 e. The summed E-state index contributed by atoms with van der Waals surface area (Å²) in [4.78, 5) is 12.5. The lowest BCUT2D eigenvalue weighted by Crippen LogP contribution is -2.13. The summed E-state index contributed by atoms with van der Waals surface area (Å²) in [5.74, 6) is -0.176. The van der Waals surface area contributed by atoms with E-state index in [1.54, 1.807) is 36.4 Å². The Hall–Kier alpha value is -2.78. The SMILES string of the molecule is CCOc1ccccc1C(=O)Nc1nnc(S(=O)(=O)Cc2ccc(C)cc2)s1. The molecule has 1 N–H and O–H groups in total. The van der Waals surface area contributed by atoms with E-state index in [0.717, 1.165) is 16.9 Å². The molecule has 0 radical (unpaired) electrons. The normalized spacial score (nSPS) is 11.2. The number of aryl methyl sites for hydroxylation is 1. The molecule has 28 heavy (non-hydrogen) atoms. The van der Waals surface area contributed by atoms with Crippen LogP contribution < -0.4 is 10.1 Å². The van der Waals surface area contributed by atoms with Gasteiger partial charge < -0.3 is 4.74 Å². The second-order valence-corrected chi connectivity index (χ2v) is 9.14. The summed E-state index contributed by atoms with van der Waals surface area (Å²) < 4.78 is 30.4. The molecule has 0 saturated heterocycles. The van der Waals surface area contributed by atoms with Crippen molar-refractivity contribution in [2.75, 3.05) is 11.9 Å². The van der Waals surface area contributed by atoms with Crippen LogP contribution in [-0.4, -0.2) is 31.1 Å². The molecule has 0 saturated carbocycles. The molecule has 1 aromatic heterocycles. The van der Waals surface area contributed by atoms with Crippen LogP contribution in [0, 0.1) is 6.92 Å². The molecule has 9 heteroatoms. The van der Waals surface area contributed by atoms with Crippen LogP contribution in [0.4, 0.5) is 5.13 Å². The van der Waals surface area contributed by atoms with Crippen molar-refractivity contribution in [2.45, 2.75) is 23.9 Å². The summed E-state index contributed by atoms with van der Waals surface area (Å²) in [6, 6.07) is 14.0. The molecule has 2 aromatic carbocycles. The van der Waals surface area contributed by atoms with Crippen LogP contribution in [0.3, 0.4) is 0 Å². The maximum absolute atomic E-state index is 12.6. The molecule has 3 rings (SSSR count). The van der Waals surface area contributed by atoms with Gasteiger partial charge in [0.25, 0.3) is 5.91 Å². The van der Waals surface area contributed by atoms with E-state index < -0.39 is 15.7 Å². The number of ether oxygens (including phenoxy) is 1. The van der Waals surface area contributed by atoms with Gasteiger partial charge in [-0.05, 0) is 31.5 Å². The number of carbonyl (C=O) groups is 1. The lowest BCUT2D eigenvalue weighted by atomic mass is 10.2. The van der Waals surface area contributed by atoms with E-state index in [0.29, 0.717) is 23.5 Å². The Morgan fingerprint density at radius 2 is 1.82 bits per heavy atom. The van der Waals surface area contributed by atoms with Crippen LogP contribution in [0.5, 0.6) is 5.75 Å². The predicted molar refractivity (Wildman–Crippen MR) is 108 cm³/mol. The quantitative estimate of drug-likeness (QED) is 0.591. The van der Waals surface area contributed by atoms with Crippen molar-refractivity contribution in [3.63, 3.8) is 0 Å². The lowest BCUT2D eigenvalue weighted by Gasteiger charge is -2.08. The molecule has 146 valence electrons. The number of hydrogen-bond donors (Lipinski definition) is 1. The van der Waals surface area contributed by atoms with Crippen LogP contribution in [0.25, 0.3) is 0 Å². The average Bonchev–Trinajstić information content (AvgIpc) is 3.14. The van der Waals surface area contributed by atoms with Gasteiger partial charge in [-0.15, -0.1) is 10.2 Å². The number of amides is 1. The van der Waals surface area contributed by atoms with E-state index in [9.17, 15) is 13.2 Å². The van der Waals surface area contributed by atoms with E-state index in [4.69, 9.17) is 4.74 Å². The van der Waals surface area contributed by atoms with Gasteiger partial charge in [0.15, 0.2) is 0 Å². The summed E-state index contributed by atoms with van der Waals surface area (Å²) >= 11 is 0.821. The molecule has 0 aliphatic rings. The fourth-order valence-electron chi connectivity index (χ4n) is 2.45. The molecule has 0 aliphatic heterocycles. The predicted octanol–water partition coefficient (Wildman–Crippen LogP) is 3.47. The minimum Gasteiger partial charge on any atom is -0.493 e. The highest BCUT2D eigenvalue weighted by Gasteiger charge is 2.22. The van der Waals surface area contributed by atoms with Gasteiger partial charge >= 0.3 is 0 Å². The van der Waals surface area contributed by atoms with Gasteiger partial charge in [0, 0.05) is 0 Å². The number of anilines is 1. The third kappa shape index (κ3) is 4.73. The summed E-state index contributed by atoms with van der Waals surface area (Å²) in [5, 5.41) is 10.2. The Morgan fingerprint density at radius 1 is 1.11 bits per heavy atom. The van der Waals surface area contributed by atoms with Gasteiger partial charge in [0.2, 0.25) is 19.3 Å². The van der Waals surface area contributed by atoms with E-state index in [-0.39, 0.29) is 15.2 Å². The second-order valence-electron chi connectivity index (χ2n) is 6.00. The highest BCUT2D eigenvalue weighted by Crippen LogP contribution is 2.25. The van der Waals surface area contributed by atoms with Crippen molar-refractivity contribution >= 4 is 32.2 Å². The number of aromatic nitrogens is 2. The fraction of sp³-hybridized carbons (Fsp3) is 0.211. The average molecular weight is 418 g/mol. The molecule has 1 amide bonds. The number of rotatable bonds is 7. The van der Waals surface area contributed by atoms with Crippen LogP contribution >= 0.6 is 11.3 Å². The molecule has 1 heterocycles. The number of sulfone groups is 1. The van der Waals surface area contributed by atoms with Gasteiger partial charge in [-0.2, -0.15) is 0 Å². The zero-order valence-electron chi connectivity index (χ0n) is 15.4. The zero-order valence-corrected chi connectivity index (χ0v) is 17.0. The van der Waals surface area contributed by atoms with Crippen LogP contribution in [0.15, 0.2) is 52.9 Å². The van der Waals surface area contributed by atoms with E-state index in [2.05, 4.69) is 15.5 Å². The highest BCUT2D eigenvalue weighted by atomic mass is 32.2. The number of nitrogens with one attached hydrogen (secondary N) is 1. The number of nitrogens with zero attached hydrogens (tertiary/aromatic N) is 2. The number of para-hydroxylation sites is 1. The van der Waals surface area contributed by atoms with E-state index in [1.165, 1.54) is 0 Å². The van der Waals surface area contributed by atoms with Crippen molar-refractivity contribution in [1.29, 1.82) is 0 Å². The molecular formula is C19H19N3O4S2. The molecule has 0 fully saturated rings. The van der Waals surface area contributed by atoms with E-state index in [1.807, 2.05) is 26.0 Å². The van der Waals surface area contributed by atoms with E-state index >= 15 is 0 Å². The minimum absolute atomic E-state index is 0.110. The molecule has 0 atom stereocenters. The lowest BCUT2D eigenvalue weighted by molar-refractivity contribution is 0.102. The smallest absolute Gasteiger partial charge is 0.261 e. The monoisotopic (exact) mass is 417 g/mol. The Morgan fingerprint density at radius 3 is 2.54 bits per heavy atom. The van der Waals surface area contributed by atoms with Crippen LogP contribution in [-0.2, 0) is 15.6 Å². The maximum Gasteiger partial charge on any atom is 0.261 e. The molecule has 3 aromatic rings. The molecule has 0 bridgehead atoms. The third-order valence-electron chi connectivity index (χ3n) is 3.80. The maximum atomic E-state index is 12.6. The Bertz CT molecular complexity index is 1080. The molecule has 7 nitrogen and oxygen atoms in total. The van der Waals surface area contributed by atoms with Crippen molar-refractivity contribution in [2.24, 2.45) is 0 Å². The van der Waals surface area contributed by atoms with Gasteiger partial charge in [0.1, 0.15) is 5.75 Å². The molecular weight excluding hydrogens is 398 g/mol. The molecule has 0 unspecified atom stereocenters.